The summed E-state index contributed by atoms with van der Waals surface area (Å²) in [6.45, 7) is 6.02. The predicted octanol–water partition coefficient (Wildman–Crippen LogP) is 1.53. The number of pyridine rings is 1. The number of hydrogen-bond donors (Lipinski definition) is 2. The Labute approximate surface area is 102 Å². The molecule has 0 aliphatic rings. The minimum atomic E-state index is -0.131. The molecule has 0 spiro atoms. The number of carbonyl (C=O) groups excluding carboxylic acids is 1. The van der Waals surface area contributed by atoms with Gasteiger partial charge in [0.2, 0.25) is 0 Å². The molecule has 0 bridgehead atoms. The van der Waals surface area contributed by atoms with E-state index < -0.39 is 0 Å². The number of aromatic nitrogens is 1. The van der Waals surface area contributed by atoms with Gasteiger partial charge >= 0.3 is 0 Å². The lowest BCUT2D eigenvalue weighted by molar-refractivity contribution is 0.0916. The maximum Gasteiger partial charge on any atom is 0.253 e. The lowest BCUT2D eigenvalue weighted by Gasteiger charge is -2.21. The summed E-state index contributed by atoms with van der Waals surface area (Å²) in [6, 6.07) is 1.80. The van der Waals surface area contributed by atoms with Crippen LogP contribution in [0.15, 0.2) is 18.5 Å². The highest BCUT2D eigenvalue weighted by molar-refractivity contribution is 5.94. The summed E-state index contributed by atoms with van der Waals surface area (Å²) in [4.78, 5) is 15.9. The molecule has 94 valence electrons. The predicted molar refractivity (Wildman–Crippen MR) is 66.8 cm³/mol. The molecule has 0 aliphatic heterocycles. The summed E-state index contributed by atoms with van der Waals surface area (Å²) >= 11 is 0. The molecule has 17 heavy (non-hydrogen) atoms. The van der Waals surface area contributed by atoms with Gasteiger partial charge in [-0.05, 0) is 30.9 Å². The zero-order chi connectivity index (χ0) is 12.8. The Kier molecular flexibility index (Phi) is 5.10. The van der Waals surface area contributed by atoms with E-state index in [1.807, 2.05) is 20.8 Å². The number of carbonyl (C=O) groups is 1. The number of nitrogens with zero attached hydrogens (tertiary/aromatic N) is 1. The second kappa shape index (κ2) is 6.35. The van der Waals surface area contributed by atoms with Crippen LogP contribution in [0.4, 0.5) is 0 Å². The topological polar surface area (TPSA) is 62.2 Å². The number of hydrogen-bond acceptors (Lipinski definition) is 3. The maximum atomic E-state index is 12.0. The van der Waals surface area contributed by atoms with Crippen molar-refractivity contribution in [3.63, 3.8) is 0 Å². The summed E-state index contributed by atoms with van der Waals surface area (Å²) < 4.78 is 0. The highest BCUT2D eigenvalue weighted by Gasteiger charge is 2.16. The Morgan fingerprint density at radius 3 is 2.71 bits per heavy atom. The van der Waals surface area contributed by atoms with Crippen LogP contribution in [0.3, 0.4) is 0 Å². The zero-order valence-corrected chi connectivity index (χ0v) is 10.6. The fourth-order valence-corrected chi connectivity index (χ4v) is 1.64. The van der Waals surface area contributed by atoms with Crippen LogP contribution in [-0.4, -0.2) is 28.6 Å². The SMILES string of the molecule is Cc1cncc(C(=O)NC(CCO)C(C)C)c1. The van der Waals surface area contributed by atoms with Crippen LogP contribution in [0.2, 0.25) is 0 Å². The number of aryl methyl sites for hydroxylation is 1. The Hall–Kier alpha value is -1.42. The molecule has 0 aromatic carbocycles. The molecule has 0 fully saturated rings. The molecule has 0 aliphatic carbocycles. The van der Waals surface area contributed by atoms with E-state index in [4.69, 9.17) is 5.11 Å². The number of aliphatic hydroxyl groups excluding tert-OH is 1. The monoisotopic (exact) mass is 236 g/mol. The first-order chi connectivity index (χ1) is 8.04. The van der Waals surface area contributed by atoms with Crippen LogP contribution in [-0.2, 0) is 0 Å². The van der Waals surface area contributed by atoms with Crippen LogP contribution in [0.25, 0.3) is 0 Å². The number of amides is 1. The van der Waals surface area contributed by atoms with Crippen molar-refractivity contribution < 1.29 is 9.90 Å². The molecule has 1 heterocycles. The van der Waals surface area contributed by atoms with E-state index in [-0.39, 0.29) is 18.6 Å². The first-order valence-electron chi connectivity index (χ1n) is 5.88. The molecular formula is C13H20N2O2. The second-order valence-corrected chi connectivity index (χ2v) is 4.59. The van der Waals surface area contributed by atoms with Crippen molar-refractivity contribution in [1.29, 1.82) is 0 Å². The van der Waals surface area contributed by atoms with E-state index in [9.17, 15) is 4.79 Å². The Bertz CT molecular complexity index is 377. The molecule has 1 aromatic rings. The summed E-state index contributed by atoms with van der Waals surface area (Å²) in [5.74, 6) is 0.164. The average molecular weight is 236 g/mol. The van der Waals surface area contributed by atoms with Crippen molar-refractivity contribution >= 4 is 5.91 Å². The van der Waals surface area contributed by atoms with Gasteiger partial charge in [-0.15, -0.1) is 0 Å². The minimum Gasteiger partial charge on any atom is -0.396 e. The lowest BCUT2D eigenvalue weighted by atomic mass is 10.0. The van der Waals surface area contributed by atoms with Gasteiger partial charge in [0.25, 0.3) is 5.91 Å². The van der Waals surface area contributed by atoms with Gasteiger partial charge in [0.05, 0.1) is 5.56 Å². The largest absolute Gasteiger partial charge is 0.396 e. The van der Waals surface area contributed by atoms with Crippen LogP contribution < -0.4 is 5.32 Å². The van der Waals surface area contributed by atoms with Gasteiger partial charge in [-0.3, -0.25) is 9.78 Å². The molecule has 1 rings (SSSR count). The average Bonchev–Trinajstić information content (AvgIpc) is 2.28. The van der Waals surface area contributed by atoms with Crippen molar-refractivity contribution in [2.75, 3.05) is 6.61 Å². The molecule has 1 amide bonds. The molecule has 4 nitrogen and oxygen atoms in total. The molecule has 1 atom stereocenters. The molecule has 0 saturated carbocycles. The summed E-state index contributed by atoms with van der Waals surface area (Å²) in [5.41, 5.74) is 1.52. The van der Waals surface area contributed by atoms with Gasteiger partial charge in [0.15, 0.2) is 0 Å². The molecule has 1 unspecified atom stereocenters. The summed E-state index contributed by atoms with van der Waals surface area (Å²) in [6.07, 6.45) is 3.84. The van der Waals surface area contributed by atoms with E-state index >= 15 is 0 Å². The van der Waals surface area contributed by atoms with Crippen molar-refractivity contribution in [3.8, 4) is 0 Å². The fraction of sp³-hybridized carbons (Fsp3) is 0.538. The first-order valence-corrected chi connectivity index (χ1v) is 5.88. The standard InChI is InChI=1S/C13H20N2O2/c1-9(2)12(4-5-16)15-13(17)11-6-10(3)7-14-8-11/h6-9,12,16H,4-5H2,1-3H3,(H,15,17). The zero-order valence-electron chi connectivity index (χ0n) is 10.6. The second-order valence-electron chi connectivity index (χ2n) is 4.59. The molecule has 4 heteroatoms. The van der Waals surface area contributed by atoms with Crippen molar-refractivity contribution in [3.05, 3.63) is 29.6 Å². The van der Waals surface area contributed by atoms with Crippen LogP contribution in [0.1, 0.15) is 36.2 Å². The molecular weight excluding hydrogens is 216 g/mol. The van der Waals surface area contributed by atoms with Gasteiger partial charge in [-0.1, -0.05) is 13.8 Å². The van der Waals surface area contributed by atoms with E-state index in [0.29, 0.717) is 17.9 Å². The van der Waals surface area contributed by atoms with Gasteiger partial charge in [-0.25, -0.2) is 0 Å². The maximum absolute atomic E-state index is 12.0. The Morgan fingerprint density at radius 1 is 1.47 bits per heavy atom. The van der Waals surface area contributed by atoms with Crippen LogP contribution in [0, 0.1) is 12.8 Å². The third-order valence-electron chi connectivity index (χ3n) is 2.70. The highest BCUT2D eigenvalue weighted by atomic mass is 16.3. The molecule has 0 saturated heterocycles. The normalized spacial score (nSPS) is 12.5. The molecule has 0 radical (unpaired) electrons. The lowest BCUT2D eigenvalue weighted by Crippen LogP contribution is -2.39. The quantitative estimate of drug-likeness (QED) is 0.815. The van der Waals surface area contributed by atoms with Crippen molar-refractivity contribution in [2.24, 2.45) is 5.92 Å². The Balaban J connectivity index is 2.70. The van der Waals surface area contributed by atoms with Gasteiger partial charge < -0.3 is 10.4 Å². The highest BCUT2D eigenvalue weighted by Crippen LogP contribution is 2.08. The van der Waals surface area contributed by atoms with E-state index in [1.165, 1.54) is 0 Å². The molecule has 1 aromatic heterocycles. The fourth-order valence-electron chi connectivity index (χ4n) is 1.64. The number of nitrogens with one attached hydrogen (secondary N) is 1. The number of rotatable bonds is 5. The summed E-state index contributed by atoms with van der Waals surface area (Å²) in [5, 5.41) is 11.9. The third kappa shape index (κ3) is 4.15. The smallest absolute Gasteiger partial charge is 0.253 e. The van der Waals surface area contributed by atoms with Crippen LogP contribution in [0.5, 0.6) is 0 Å². The van der Waals surface area contributed by atoms with Gasteiger partial charge in [0.1, 0.15) is 0 Å². The summed E-state index contributed by atoms with van der Waals surface area (Å²) in [7, 11) is 0. The van der Waals surface area contributed by atoms with E-state index in [2.05, 4.69) is 10.3 Å². The first kappa shape index (κ1) is 13.6. The van der Waals surface area contributed by atoms with E-state index in [0.717, 1.165) is 5.56 Å². The van der Waals surface area contributed by atoms with Crippen molar-refractivity contribution in [1.82, 2.24) is 10.3 Å². The van der Waals surface area contributed by atoms with E-state index in [1.54, 1.807) is 18.5 Å². The minimum absolute atomic E-state index is 0.00647. The van der Waals surface area contributed by atoms with Crippen molar-refractivity contribution in [2.45, 2.75) is 33.2 Å². The third-order valence-corrected chi connectivity index (χ3v) is 2.70. The van der Waals surface area contributed by atoms with Gasteiger partial charge in [-0.2, -0.15) is 0 Å². The van der Waals surface area contributed by atoms with Gasteiger partial charge in [0, 0.05) is 25.0 Å². The Morgan fingerprint density at radius 2 is 2.18 bits per heavy atom. The molecule has 2 N–H and O–H groups in total. The van der Waals surface area contributed by atoms with Crippen LogP contribution >= 0.6 is 0 Å². The number of aliphatic hydroxyl groups is 1.